The van der Waals surface area contributed by atoms with E-state index in [2.05, 4.69) is 15.3 Å². The van der Waals surface area contributed by atoms with Crippen LogP contribution >= 0.6 is 11.8 Å². The summed E-state index contributed by atoms with van der Waals surface area (Å²) in [5, 5.41) is 13.4. The quantitative estimate of drug-likeness (QED) is 0.837. The summed E-state index contributed by atoms with van der Waals surface area (Å²) in [6, 6.07) is 0.0104. The van der Waals surface area contributed by atoms with Gasteiger partial charge in [0.2, 0.25) is 0 Å². The van der Waals surface area contributed by atoms with E-state index >= 15 is 0 Å². The smallest absolute Gasteiger partial charge is 0.191 e. The summed E-state index contributed by atoms with van der Waals surface area (Å²) in [7, 11) is 3.86. The van der Waals surface area contributed by atoms with Gasteiger partial charge in [0.05, 0.1) is 11.4 Å². The second kappa shape index (κ2) is 5.11. The third kappa shape index (κ3) is 2.56. The molecule has 0 aliphatic rings. The first-order valence-corrected chi connectivity index (χ1v) is 6.63. The zero-order valence-electron chi connectivity index (χ0n) is 11.0. The molecule has 0 aromatic carbocycles. The normalized spacial score (nSPS) is 14.7. The number of hydrogen-bond donors (Lipinski definition) is 1. The van der Waals surface area contributed by atoms with Crippen LogP contribution in [0.5, 0.6) is 0 Å². The predicted octanol–water partition coefficient (Wildman–Crippen LogP) is 1.04. The Morgan fingerprint density at radius 3 is 2.50 bits per heavy atom. The molecule has 0 amide bonds. The van der Waals surface area contributed by atoms with Crippen molar-refractivity contribution in [3.05, 3.63) is 23.8 Å². The third-order valence-corrected chi connectivity index (χ3v) is 4.34. The monoisotopic (exact) mass is 266 g/mol. The number of nitrogens with two attached hydrogens (primary N) is 1. The van der Waals surface area contributed by atoms with Gasteiger partial charge in [-0.05, 0) is 13.8 Å². The van der Waals surface area contributed by atoms with E-state index in [9.17, 15) is 0 Å². The van der Waals surface area contributed by atoms with Crippen LogP contribution in [0.4, 0.5) is 0 Å². The second-order valence-corrected chi connectivity index (χ2v) is 5.54. The summed E-state index contributed by atoms with van der Waals surface area (Å²) in [5.74, 6) is 0.895. The lowest BCUT2D eigenvalue weighted by atomic mass is 10.1. The summed E-state index contributed by atoms with van der Waals surface area (Å²) >= 11 is 1.62. The van der Waals surface area contributed by atoms with Gasteiger partial charge in [0.15, 0.2) is 5.16 Å². The van der Waals surface area contributed by atoms with Gasteiger partial charge in [-0.25, -0.2) is 0 Å². The zero-order valence-corrected chi connectivity index (χ0v) is 11.8. The Labute approximate surface area is 111 Å². The van der Waals surface area contributed by atoms with Gasteiger partial charge in [-0.1, -0.05) is 11.8 Å². The first kappa shape index (κ1) is 13.1. The predicted molar refractivity (Wildman–Crippen MR) is 71.2 cm³/mol. The van der Waals surface area contributed by atoms with Gasteiger partial charge in [-0.15, -0.1) is 10.2 Å². The highest BCUT2D eigenvalue weighted by molar-refractivity contribution is 7.99. The third-order valence-electron chi connectivity index (χ3n) is 2.82. The van der Waals surface area contributed by atoms with Crippen LogP contribution in [0, 0.1) is 6.92 Å². The molecule has 98 valence electrons. The van der Waals surface area contributed by atoms with Crippen molar-refractivity contribution in [2.24, 2.45) is 19.8 Å². The molecule has 2 unspecified atom stereocenters. The average molecular weight is 266 g/mol. The zero-order chi connectivity index (χ0) is 13.3. The molecule has 0 aliphatic carbocycles. The van der Waals surface area contributed by atoms with Crippen LogP contribution in [0.3, 0.4) is 0 Å². The van der Waals surface area contributed by atoms with Gasteiger partial charge in [-0.2, -0.15) is 5.10 Å². The summed E-state index contributed by atoms with van der Waals surface area (Å²) in [6.07, 6.45) is 3.84. The van der Waals surface area contributed by atoms with Crippen molar-refractivity contribution in [1.82, 2.24) is 24.5 Å². The van der Waals surface area contributed by atoms with Gasteiger partial charge in [0, 0.05) is 31.9 Å². The van der Waals surface area contributed by atoms with Gasteiger partial charge >= 0.3 is 0 Å². The molecule has 2 N–H and O–H groups in total. The molecule has 0 saturated carbocycles. The minimum Gasteiger partial charge on any atom is -0.327 e. The molecule has 0 saturated heterocycles. The van der Waals surface area contributed by atoms with Crippen LogP contribution in [-0.4, -0.2) is 30.6 Å². The molecule has 0 bridgehead atoms. The van der Waals surface area contributed by atoms with E-state index in [-0.39, 0.29) is 11.3 Å². The molecular weight excluding hydrogens is 248 g/mol. The Kier molecular flexibility index (Phi) is 3.72. The second-order valence-electron chi connectivity index (χ2n) is 4.43. The highest BCUT2D eigenvalue weighted by atomic mass is 32.2. The standard InChI is InChI=1S/C11H18N6S/c1-7(12)10(9-5-13-16(3)6-9)18-11-15-14-8(2)17(11)4/h5-7,10H,12H2,1-4H3. The molecule has 18 heavy (non-hydrogen) atoms. The minimum atomic E-state index is 0.0104. The van der Waals surface area contributed by atoms with E-state index in [1.165, 1.54) is 0 Å². The molecule has 2 atom stereocenters. The fraction of sp³-hybridized carbons (Fsp3) is 0.545. The number of aryl methyl sites for hydroxylation is 2. The Morgan fingerprint density at radius 2 is 2.06 bits per heavy atom. The van der Waals surface area contributed by atoms with Crippen LogP contribution in [-0.2, 0) is 14.1 Å². The summed E-state index contributed by atoms with van der Waals surface area (Å²) in [5.41, 5.74) is 7.18. The molecule has 0 fully saturated rings. The number of nitrogens with zero attached hydrogens (tertiary/aromatic N) is 5. The maximum Gasteiger partial charge on any atom is 0.191 e. The van der Waals surface area contributed by atoms with Crippen LogP contribution in [0.1, 0.15) is 23.6 Å². The van der Waals surface area contributed by atoms with E-state index in [1.807, 2.05) is 44.9 Å². The van der Waals surface area contributed by atoms with Crippen molar-refractivity contribution >= 4 is 11.8 Å². The maximum absolute atomic E-state index is 6.07. The van der Waals surface area contributed by atoms with E-state index in [1.54, 1.807) is 16.4 Å². The van der Waals surface area contributed by atoms with Gasteiger partial charge in [0.25, 0.3) is 0 Å². The minimum absolute atomic E-state index is 0.0104. The van der Waals surface area contributed by atoms with E-state index in [0.29, 0.717) is 0 Å². The van der Waals surface area contributed by atoms with E-state index in [0.717, 1.165) is 16.5 Å². The summed E-state index contributed by atoms with van der Waals surface area (Å²) in [6.45, 7) is 3.93. The molecule has 6 nitrogen and oxygen atoms in total. The van der Waals surface area contributed by atoms with Crippen LogP contribution < -0.4 is 5.73 Å². The summed E-state index contributed by atoms with van der Waals surface area (Å²) in [4.78, 5) is 0. The van der Waals surface area contributed by atoms with Gasteiger partial charge in [-0.3, -0.25) is 4.68 Å². The lowest BCUT2D eigenvalue weighted by Crippen LogP contribution is -2.22. The molecule has 2 rings (SSSR count). The van der Waals surface area contributed by atoms with Gasteiger partial charge in [0.1, 0.15) is 5.82 Å². The molecule has 2 aromatic heterocycles. The van der Waals surface area contributed by atoms with Gasteiger partial charge < -0.3 is 10.3 Å². The molecule has 0 radical (unpaired) electrons. The SMILES string of the molecule is Cc1nnc(SC(c2cnn(C)c2)C(C)N)n1C. The maximum atomic E-state index is 6.07. The van der Waals surface area contributed by atoms with E-state index < -0.39 is 0 Å². The lowest BCUT2D eigenvalue weighted by molar-refractivity contribution is 0.705. The number of aromatic nitrogens is 5. The molecule has 7 heteroatoms. The first-order chi connectivity index (χ1) is 8.49. The molecule has 0 aliphatic heterocycles. The Hall–Kier alpha value is -1.34. The molecule has 2 heterocycles. The number of thioether (sulfide) groups is 1. The molecule has 0 spiro atoms. The molecule has 2 aromatic rings. The Balaban J connectivity index is 2.24. The average Bonchev–Trinajstić information content (AvgIpc) is 2.85. The Morgan fingerprint density at radius 1 is 1.33 bits per heavy atom. The molecular formula is C11H18N6S. The Bertz CT molecular complexity index is 529. The van der Waals surface area contributed by atoms with Crippen molar-refractivity contribution in [2.45, 2.75) is 30.3 Å². The van der Waals surface area contributed by atoms with Crippen molar-refractivity contribution in [3.63, 3.8) is 0 Å². The first-order valence-electron chi connectivity index (χ1n) is 5.76. The van der Waals surface area contributed by atoms with Crippen LogP contribution in [0.2, 0.25) is 0 Å². The highest BCUT2D eigenvalue weighted by Gasteiger charge is 2.22. The fourth-order valence-electron chi connectivity index (χ4n) is 1.67. The van der Waals surface area contributed by atoms with Crippen molar-refractivity contribution in [3.8, 4) is 0 Å². The van der Waals surface area contributed by atoms with E-state index in [4.69, 9.17) is 5.73 Å². The van der Waals surface area contributed by atoms with Crippen molar-refractivity contribution in [1.29, 1.82) is 0 Å². The highest BCUT2D eigenvalue weighted by Crippen LogP contribution is 2.35. The topological polar surface area (TPSA) is 74.6 Å². The van der Waals surface area contributed by atoms with Crippen molar-refractivity contribution in [2.75, 3.05) is 0 Å². The fourth-order valence-corrected chi connectivity index (χ4v) is 2.75. The number of rotatable bonds is 4. The summed E-state index contributed by atoms with van der Waals surface area (Å²) < 4.78 is 3.75. The lowest BCUT2D eigenvalue weighted by Gasteiger charge is -2.18. The van der Waals surface area contributed by atoms with Crippen molar-refractivity contribution < 1.29 is 0 Å². The van der Waals surface area contributed by atoms with Crippen LogP contribution in [0.15, 0.2) is 17.6 Å². The number of hydrogen-bond acceptors (Lipinski definition) is 5. The largest absolute Gasteiger partial charge is 0.327 e. The van der Waals surface area contributed by atoms with Crippen LogP contribution in [0.25, 0.3) is 0 Å².